The molecule has 0 unspecified atom stereocenters. The van der Waals surface area contributed by atoms with Gasteiger partial charge in [0.25, 0.3) is 0 Å². The fraction of sp³-hybridized carbons (Fsp3) is 0.667. The average Bonchev–Trinajstić information content (AvgIpc) is 1.61. The van der Waals surface area contributed by atoms with Crippen molar-refractivity contribution in [2.24, 2.45) is 0 Å². The standard InChI is InChI=1S/C6H11O.Cu/c1-3-4-5-6(2)7;/h1,3-5H2,2H3;/q-1;+1. The Morgan fingerprint density at radius 3 is 2.25 bits per heavy atom. The van der Waals surface area contributed by atoms with Gasteiger partial charge in [-0.1, -0.05) is 6.42 Å². The number of ketones is 1. The second-order valence-corrected chi connectivity index (χ2v) is 1.66. The summed E-state index contributed by atoms with van der Waals surface area (Å²) in [6, 6.07) is 0. The van der Waals surface area contributed by atoms with E-state index in [-0.39, 0.29) is 22.9 Å². The van der Waals surface area contributed by atoms with E-state index < -0.39 is 0 Å². The SMILES string of the molecule is [CH2-]CCCC(C)=O.[Cu+]. The Balaban J connectivity index is 0. The summed E-state index contributed by atoms with van der Waals surface area (Å²) in [6.07, 6.45) is 2.51. The summed E-state index contributed by atoms with van der Waals surface area (Å²) in [5.41, 5.74) is 0. The zero-order chi connectivity index (χ0) is 5.70. The van der Waals surface area contributed by atoms with Crippen LogP contribution in [0.4, 0.5) is 0 Å². The van der Waals surface area contributed by atoms with Gasteiger partial charge in [-0.05, 0) is 6.92 Å². The first-order chi connectivity index (χ1) is 3.27. The molecule has 0 aliphatic heterocycles. The molecular formula is C6H11CuO. The molecule has 0 saturated heterocycles. The molecule has 0 radical (unpaired) electrons. The van der Waals surface area contributed by atoms with E-state index in [1.165, 1.54) is 0 Å². The maximum Gasteiger partial charge on any atom is 1.00 e. The van der Waals surface area contributed by atoms with E-state index in [9.17, 15) is 4.79 Å². The number of carbonyl (C=O) groups is 1. The number of hydrogen-bond donors (Lipinski definition) is 0. The molecule has 0 spiro atoms. The molecule has 0 aromatic rings. The molecule has 0 saturated carbocycles. The molecule has 52 valence electrons. The molecule has 0 N–H and O–H groups in total. The molecule has 8 heavy (non-hydrogen) atoms. The van der Waals surface area contributed by atoms with Gasteiger partial charge in [0.05, 0.1) is 0 Å². The summed E-state index contributed by atoms with van der Waals surface area (Å²) in [6.45, 7) is 5.21. The molecule has 0 atom stereocenters. The second kappa shape index (κ2) is 7.19. The van der Waals surface area contributed by atoms with Gasteiger partial charge in [-0.2, -0.15) is 6.42 Å². The van der Waals surface area contributed by atoms with E-state index in [1.54, 1.807) is 6.92 Å². The minimum Gasteiger partial charge on any atom is -0.343 e. The Hall–Kier alpha value is 0.189. The zero-order valence-corrected chi connectivity index (χ0v) is 5.98. The number of rotatable bonds is 3. The molecule has 2 heteroatoms. The van der Waals surface area contributed by atoms with Crippen molar-refractivity contribution in [3.8, 4) is 0 Å². The van der Waals surface area contributed by atoms with Crippen LogP contribution >= 0.6 is 0 Å². The fourth-order valence-electron chi connectivity index (χ4n) is 0.374. The van der Waals surface area contributed by atoms with Crippen LogP contribution in [0.25, 0.3) is 0 Å². The molecule has 0 bridgehead atoms. The van der Waals surface area contributed by atoms with Crippen molar-refractivity contribution in [3.63, 3.8) is 0 Å². The van der Waals surface area contributed by atoms with Crippen LogP contribution in [-0.2, 0) is 21.9 Å². The van der Waals surface area contributed by atoms with Crippen LogP contribution in [0.2, 0.25) is 0 Å². The molecule has 0 heterocycles. The molecular weight excluding hydrogens is 152 g/mol. The quantitative estimate of drug-likeness (QED) is 0.455. The first kappa shape index (κ1) is 11.0. The third-order valence-corrected chi connectivity index (χ3v) is 0.779. The van der Waals surface area contributed by atoms with Gasteiger partial charge in [-0.15, -0.1) is 0 Å². The van der Waals surface area contributed by atoms with E-state index in [0.717, 1.165) is 12.8 Å². The zero-order valence-electron chi connectivity index (χ0n) is 5.04. The van der Waals surface area contributed by atoms with Crippen LogP contribution in [-0.4, -0.2) is 5.78 Å². The first-order valence-corrected chi connectivity index (χ1v) is 2.56. The summed E-state index contributed by atoms with van der Waals surface area (Å²) in [5, 5.41) is 0. The van der Waals surface area contributed by atoms with Crippen LogP contribution in [0.3, 0.4) is 0 Å². The molecule has 0 aliphatic carbocycles. The van der Waals surface area contributed by atoms with Crippen molar-refractivity contribution in [2.75, 3.05) is 0 Å². The third kappa shape index (κ3) is 9.50. The van der Waals surface area contributed by atoms with E-state index >= 15 is 0 Å². The van der Waals surface area contributed by atoms with Crippen LogP contribution in [0.1, 0.15) is 26.2 Å². The van der Waals surface area contributed by atoms with Crippen molar-refractivity contribution in [2.45, 2.75) is 26.2 Å². The summed E-state index contributed by atoms with van der Waals surface area (Å²) < 4.78 is 0. The average molecular weight is 163 g/mol. The molecule has 0 rings (SSSR count). The Bertz CT molecular complexity index is 61.5. The van der Waals surface area contributed by atoms with Crippen molar-refractivity contribution >= 4 is 5.78 Å². The number of Topliss-reactive ketones (excluding diaryl/α,β-unsaturated/α-hetero) is 1. The van der Waals surface area contributed by atoms with Crippen LogP contribution in [0.15, 0.2) is 0 Å². The summed E-state index contributed by atoms with van der Waals surface area (Å²) >= 11 is 0. The third-order valence-electron chi connectivity index (χ3n) is 0.779. The Labute approximate surface area is 61.3 Å². The number of hydrogen-bond acceptors (Lipinski definition) is 1. The molecule has 0 aromatic carbocycles. The second-order valence-electron chi connectivity index (χ2n) is 1.66. The van der Waals surface area contributed by atoms with Gasteiger partial charge in [0.2, 0.25) is 0 Å². The molecule has 0 aliphatic rings. The van der Waals surface area contributed by atoms with Crippen molar-refractivity contribution in [1.82, 2.24) is 0 Å². The fourth-order valence-corrected chi connectivity index (χ4v) is 0.374. The van der Waals surface area contributed by atoms with E-state index in [4.69, 9.17) is 0 Å². The normalized spacial score (nSPS) is 7.75. The maximum atomic E-state index is 10.2. The summed E-state index contributed by atoms with van der Waals surface area (Å²) in [5.74, 6) is 0.267. The predicted octanol–water partition coefficient (Wildman–Crippen LogP) is 1.58. The molecule has 0 aromatic heterocycles. The van der Waals surface area contributed by atoms with Crippen molar-refractivity contribution in [1.29, 1.82) is 0 Å². The van der Waals surface area contributed by atoms with Crippen molar-refractivity contribution in [3.05, 3.63) is 6.92 Å². The minimum absolute atomic E-state index is 0. The topological polar surface area (TPSA) is 17.1 Å². The van der Waals surface area contributed by atoms with Crippen LogP contribution < -0.4 is 0 Å². The summed E-state index contributed by atoms with van der Waals surface area (Å²) in [4.78, 5) is 10.2. The predicted molar refractivity (Wildman–Crippen MR) is 29.9 cm³/mol. The molecule has 0 amide bonds. The van der Waals surface area contributed by atoms with Crippen LogP contribution in [0.5, 0.6) is 0 Å². The monoisotopic (exact) mass is 162 g/mol. The van der Waals surface area contributed by atoms with E-state index in [0.29, 0.717) is 6.42 Å². The molecule has 1 nitrogen and oxygen atoms in total. The maximum absolute atomic E-state index is 10.2. The van der Waals surface area contributed by atoms with Gasteiger partial charge in [-0.25, -0.2) is 0 Å². The van der Waals surface area contributed by atoms with Gasteiger partial charge < -0.3 is 11.7 Å². The number of unbranched alkanes of at least 4 members (excludes halogenated alkanes) is 1. The van der Waals surface area contributed by atoms with Gasteiger partial charge in [0.15, 0.2) is 0 Å². The Morgan fingerprint density at radius 1 is 1.62 bits per heavy atom. The van der Waals surface area contributed by atoms with Gasteiger partial charge in [-0.3, -0.25) is 0 Å². The first-order valence-electron chi connectivity index (χ1n) is 2.56. The smallest absolute Gasteiger partial charge is 0.343 e. The van der Waals surface area contributed by atoms with E-state index in [1.807, 2.05) is 0 Å². The van der Waals surface area contributed by atoms with Crippen molar-refractivity contribution < 1.29 is 21.9 Å². The van der Waals surface area contributed by atoms with Gasteiger partial charge >= 0.3 is 17.1 Å². The Morgan fingerprint density at radius 2 is 2.12 bits per heavy atom. The van der Waals surface area contributed by atoms with Gasteiger partial charge in [0, 0.05) is 6.42 Å². The largest absolute Gasteiger partial charge is 1.00 e. The van der Waals surface area contributed by atoms with Crippen LogP contribution in [0, 0.1) is 6.92 Å². The number of carbonyl (C=O) groups excluding carboxylic acids is 1. The van der Waals surface area contributed by atoms with Gasteiger partial charge in [0.1, 0.15) is 5.78 Å². The summed E-state index contributed by atoms with van der Waals surface area (Å²) in [7, 11) is 0. The minimum atomic E-state index is 0. The van der Waals surface area contributed by atoms with E-state index in [2.05, 4.69) is 6.92 Å². The Kier molecular flexibility index (Phi) is 9.93. The molecule has 0 fully saturated rings.